The number of hydrogen-bond donors (Lipinski definition) is 0. The summed E-state index contributed by atoms with van der Waals surface area (Å²) in [5.74, 6) is 1.83. The molecule has 1 aromatic rings. The third-order valence-electron chi connectivity index (χ3n) is 4.50. The summed E-state index contributed by atoms with van der Waals surface area (Å²) < 4.78 is 0. The molecule has 0 aromatic carbocycles. The average Bonchev–Trinajstić information content (AvgIpc) is 2.86. The van der Waals surface area contributed by atoms with Gasteiger partial charge >= 0.3 is 0 Å². The number of anilines is 1. The molecule has 1 aliphatic rings. The molecule has 0 unspecified atom stereocenters. The van der Waals surface area contributed by atoms with E-state index in [4.69, 9.17) is 4.98 Å². The molecule has 0 amide bonds. The van der Waals surface area contributed by atoms with Crippen LogP contribution in [0.3, 0.4) is 0 Å². The fraction of sp³-hybridized carbons (Fsp3) is 0.737. The Hall–Kier alpha value is -1.09. The first kappa shape index (κ1) is 17.3. The molecule has 0 N–H and O–H groups in total. The van der Waals surface area contributed by atoms with E-state index in [0.717, 1.165) is 11.7 Å². The molecule has 22 heavy (non-hydrogen) atoms. The molecular formula is C19H33N3. The molecule has 0 spiro atoms. The lowest BCUT2D eigenvalue weighted by Crippen LogP contribution is -2.37. The quantitative estimate of drug-likeness (QED) is 0.771. The third kappa shape index (κ3) is 4.01. The molecule has 3 heteroatoms. The minimum absolute atomic E-state index is 0.474. The van der Waals surface area contributed by atoms with E-state index in [9.17, 15) is 0 Å². The van der Waals surface area contributed by atoms with Crippen molar-refractivity contribution in [3.8, 4) is 0 Å². The van der Waals surface area contributed by atoms with E-state index in [1.807, 2.05) is 0 Å². The summed E-state index contributed by atoms with van der Waals surface area (Å²) in [6.45, 7) is 16.0. The first-order chi connectivity index (χ1) is 10.4. The zero-order chi connectivity index (χ0) is 16.3. The molecule has 1 atom stereocenters. The van der Waals surface area contributed by atoms with Gasteiger partial charge in [0, 0.05) is 30.9 Å². The van der Waals surface area contributed by atoms with Gasteiger partial charge < -0.3 is 4.90 Å². The topological polar surface area (TPSA) is 19.4 Å². The highest BCUT2D eigenvalue weighted by atomic mass is 15.2. The molecule has 1 fully saturated rings. The van der Waals surface area contributed by atoms with Gasteiger partial charge in [0.15, 0.2) is 0 Å². The minimum Gasteiger partial charge on any atom is -0.352 e. The van der Waals surface area contributed by atoms with E-state index < -0.39 is 0 Å². The van der Waals surface area contributed by atoms with Crippen molar-refractivity contribution >= 4 is 5.82 Å². The van der Waals surface area contributed by atoms with E-state index in [-0.39, 0.29) is 0 Å². The standard InChI is InChI=1S/C19H33N3/c1-14(2)13-21-11-7-8-18(21)17-9-10-19(20-12-17)22(15(3)4)16(5)6/h9-10,12,14-16,18H,7-8,11,13H2,1-6H3/t18-/m0/s1. The second-order valence-electron chi connectivity index (χ2n) is 7.59. The zero-order valence-corrected chi connectivity index (χ0v) is 15.2. The summed E-state index contributed by atoms with van der Waals surface area (Å²) in [6, 6.07) is 6.02. The Morgan fingerprint density at radius 1 is 1.14 bits per heavy atom. The largest absolute Gasteiger partial charge is 0.352 e. The Bertz CT molecular complexity index is 442. The monoisotopic (exact) mass is 303 g/mol. The van der Waals surface area contributed by atoms with Crippen molar-refractivity contribution in [2.75, 3.05) is 18.0 Å². The number of nitrogens with zero attached hydrogens (tertiary/aromatic N) is 3. The highest BCUT2D eigenvalue weighted by molar-refractivity contribution is 5.41. The Morgan fingerprint density at radius 2 is 1.82 bits per heavy atom. The van der Waals surface area contributed by atoms with Crippen molar-refractivity contribution < 1.29 is 0 Å². The summed E-state index contributed by atoms with van der Waals surface area (Å²) in [5.41, 5.74) is 1.38. The highest BCUT2D eigenvalue weighted by Gasteiger charge is 2.26. The summed E-state index contributed by atoms with van der Waals surface area (Å²) in [5, 5.41) is 0. The fourth-order valence-electron chi connectivity index (χ4n) is 3.76. The van der Waals surface area contributed by atoms with Crippen LogP contribution in [-0.4, -0.2) is 35.1 Å². The Labute approximate surface area is 136 Å². The Balaban J connectivity index is 2.14. The number of aromatic nitrogens is 1. The fourth-order valence-corrected chi connectivity index (χ4v) is 3.76. The normalized spacial score (nSPS) is 19.6. The maximum absolute atomic E-state index is 4.78. The van der Waals surface area contributed by atoms with Crippen LogP contribution in [0, 0.1) is 5.92 Å². The van der Waals surface area contributed by atoms with Crippen molar-refractivity contribution in [1.29, 1.82) is 0 Å². The maximum Gasteiger partial charge on any atom is 0.128 e. The average molecular weight is 303 g/mol. The third-order valence-corrected chi connectivity index (χ3v) is 4.50. The summed E-state index contributed by atoms with van der Waals surface area (Å²) >= 11 is 0. The van der Waals surface area contributed by atoms with Crippen LogP contribution >= 0.6 is 0 Å². The van der Waals surface area contributed by atoms with Crippen LogP contribution in [0.4, 0.5) is 5.82 Å². The molecule has 0 radical (unpaired) electrons. The number of rotatable bonds is 6. The van der Waals surface area contributed by atoms with Gasteiger partial charge in [-0.1, -0.05) is 19.9 Å². The van der Waals surface area contributed by atoms with Gasteiger partial charge in [-0.25, -0.2) is 4.98 Å². The van der Waals surface area contributed by atoms with Crippen LogP contribution in [0.15, 0.2) is 18.3 Å². The number of pyridine rings is 1. The van der Waals surface area contributed by atoms with Crippen LogP contribution < -0.4 is 4.90 Å². The van der Waals surface area contributed by atoms with E-state index in [0.29, 0.717) is 18.1 Å². The smallest absolute Gasteiger partial charge is 0.128 e. The summed E-state index contributed by atoms with van der Waals surface area (Å²) in [6.07, 6.45) is 4.69. The molecule has 0 aliphatic carbocycles. The second kappa shape index (κ2) is 7.45. The Morgan fingerprint density at radius 3 is 2.32 bits per heavy atom. The second-order valence-corrected chi connectivity index (χ2v) is 7.59. The molecule has 0 saturated carbocycles. The van der Waals surface area contributed by atoms with Gasteiger partial charge in [0.25, 0.3) is 0 Å². The Kier molecular flexibility index (Phi) is 5.85. The van der Waals surface area contributed by atoms with Gasteiger partial charge in [0.1, 0.15) is 5.82 Å². The van der Waals surface area contributed by atoms with Crippen molar-refractivity contribution in [3.05, 3.63) is 23.9 Å². The molecule has 0 bridgehead atoms. The minimum atomic E-state index is 0.474. The summed E-state index contributed by atoms with van der Waals surface area (Å²) in [7, 11) is 0. The van der Waals surface area contributed by atoms with Crippen LogP contribution in [0.1, 0.15) is 66.0 Å². The van der Waals surface area contributed by atoms with E-state index >= 15 is 0 Å². The van der Waals surface area contributed by atoms with Gasteiger partial charge in [-0.3, -0.25) is 4.90 Å². The predicted octanol–water partition coefficient (Wildman–Crippen LogP) is 4.50. The van der Waals surface area contributed by atoms with Gasteiger partial charge in [0.2, 0.25) is 0 Å². The lowest BCUT2D eigenvalue weighted by molar-refractivity contribution is 0.228. The first-order valence-corrected chi connectivity index (χ1v) is 8.88. The lowest BCUT2D eigenvalue weighted by Gasteiger charge is -2.32. The molecule has 1 aromatic heterocycles. The molecule has 1 saturated heterocycles. The van der Waals surface area contributed by atoms with Gasteiger partial charge in [-0.2, -0.15) is 0 Å². The van der Waals surface area contributed by atoms with Gasteiger partial charge in [0.05, 0.1) is 0 Å². The lowest BCUT2D eigenvalue weighted by atomic mass is 10.1. The van der Waals surface area contributed by atoms with Crippen molar-refractivity contribution in [3.63, 3.8) is 0 Å². The highest BCUT2D eigenvalue weighted by Crippen LogP contribution is 2.32. The van der Waals surface area contributed by atoms with Crippen LogP contribution in [-0.2, 0) is 0 Å². The summed E-state index contributed by atoms with van der Waals surface area (Å²) in [4.78, 5) is 9.79. The number of likely N-dealkylation sites (tertiary alicyclic amines) is 1. The van der Waals surface area contributed by atoms with E-state index in [1.165, 1.54) is 31.5 Å². The maximum atomic E-state index is 4.78. The molecule has 124 valence electrons. The van der Waals surface area contributed by atoms with Crippen LogP contribution in [0.2, 0.25) is 0 Å². The predicted molar refractivity (Wildman–Crippen MR) is 95.4 cm³/mol. The van der Waals surface area contributed by atoms with Crippen molar-refractivity contribution in [1.82, 2.24) is 9.88 Å². The van der Waals surface area contributed by atoms with Crippen molar-refractivity contribution in [2.24, 2.45) is 5.92 Å². The zero-order valence-electron chi connectivity index (χ0n) is 15.2. The van der Waals surface area contributed by atoms with Crippen molar-refractivity contribution in [2.45, 2.75) is 72.5 Å². The van der Waals surface area contributed by atoms with Gasteiger partial charge in [-0.15, -0.1) is 0 Å². The molecule has 1 aliphatic heterocycles. The van der Waals surface area contributed by atoms with Crippen LogP contribution in [0.5, 0.6) is 0 Å². The molecular weight excluding hydrogens is 270 g/mol. The van der Waals surface area contributed by atoms with Gasteiger partial charge in [-0.05, 0) is 64.6 Å². The molecule has 2 rings (SSSR count). The number of hydrogen-bond acceptors (Lipinski definition) is 3. The molecule has 2 heterocycles. The SMILES string of the molecule is CC(C)CN1CCC[C@H]1c1ccc(N(C(C)C)C(C)C)nc1. The van der Waals surface area contributed by atoms with Crippen LogP contribution in [0.25, 0.3) is 0 Å². The van der Waals surface area contributed by atoms with E-state index in [1.54, 1.807) is 0 Å². The first-order valence-electron chi connectivity index (χ1n) is 8.88. The molecule has 3 nitrogen and oxygen atoms in total. The van der Waals surface area contributed by atoms with E-state index in [2.05, 4.69) is 69.7 Å².